The average Bonchev–Trinajstić information content (AvgIpc) is 2.30. The van der Waals surface area contributed by atoms with Gasteiger partial charge in [-0.15, -0.1) is 0 Å². The van der Waals surface area contributed by atoms with E-state index >= 15 is 0 Å². The van der Waals surface area contributed by atoms with E-state index in [1.165, 1.54) is 0 Å². The Balaban J connectivity index is 2.03. The molecule has 2 rings (SSSR count). The maximum atomic E-state index is 5.73. The monoisotopic (exact) mass is 208 g/mol. The van der Waals surface area contributed by atoms with Crippen LogP contribution in [0.25, 0.3) is 0 Å². The van der Waals surface area contributed by atoms with Gasteiger partial charge in [-0.2, -0.15) is 0 Å². The van der Waals surface area contributed by atoms with Gasteiger partial charge in [0.05, 0.1) is 12.7 Å². The summed E-state index contributed by atoms with van der Waals surface area (Å²) < 4.78 is 16.6. The molecular formula is C12H16O3. The Hall–Kier alpha value is -0.900. The molecular weight excluding hydrogens is 192 g/mol. The second kappa shape index (κ2) is 4.75. The lowest BCUT2D eigenvalue weighted by Gasteiger charge is -2.33. The van der Waals surface area contributed by atoms with Crippen molar-refractivity contribution in [2.75, 3.05) is 13.7 Å². The Morgan fingerprint density at radius 3 is 2.60 bits per heavy atom. The van der Waals surface area contributed by atoms with E-state index in [9.17, 15) is 0 Å². The first kappa shape index (κ1) is 10.6. The van der Waals surface area contributed by atoms with Crippen molar-refractivity contribution in [1.29, 1.82) is 0 Å². The third kappa shape index (κ3) is 2.37. The molecule has 15 heavy (non-hydrogen) atoms. The minimum atomic E-state index is -0.257. The van der Waals surface area contributed by atoms with Gasteiger partial charge >= 0.3 is 0 Å². The SMILES string of the molecule is COC1COC(c2ccccc2)O[C@@H]1C. The van der Waals surface area contributed by atoms with Gasteiger partial charge in [-0.05, 0) is 6.92 Å². The van der Waals surface area contributed by atoms with Crippen molar-refractivity contribution in [3.05, 3.63) is 35.9 Å². The summed E-state index contributed by atoms with van der Waals surface area (Å²) in [4.78, 5) is 0. The summed E-state index contributed by atoms with van der Waals surface area (Å²) in [6, 6.07) is 9.95. The predicted molar refractivity (Wildman–Crippen MR) is 56.5 cm³/mol. The summed E-state index contributed by atoms with van der Waals surface area (Å²) in [5, 5.41) is 0. The lowest BCUT2D eigenvalue weighted by Crippen LogP contribution is -2.39. The van der Waals surface area contributed by atoms with Crippen LogP contribution in [0.2, 0.25) is 0 Å². The van der Waals surface area contributed by atoms with Gasteiger partial charge in [-0.3, -0.25) is 0 Å². The maximum Gasteiger partial charge on any atom is 0.184 e. The van der Waals surface area contributed by atoms with Crippen molar-refractivity contribution < 1.29 is 14.2 Å². The minimum Gasteiger partial charge on any atom is -0.376 e. The van der Waals surface area contributed by atoms with E-state index < -0.39 is 0 Å². The van der Waals surface area contributed by atoms with Crippen LogP contribution in [-0.4, -0.2) is 25.9 Å². The topological polar surface area (TPSA) is 27.7 Å². The smallest absolute Gasteiger partial charge is 0.184 e. The van der Waals surface area contributed by atoms with E-state index in [0.29, 0.717) is 6.61 Å². The van der Waals surface area contributed by atoms with Crippen molar-refractivity contribution >= 4 is 0 Å². The highest BCUT2D eigenvalue weighted by Crippen LogP contribution is 2.26. The molecule has 0 aliphatic carbocycles. The van der Waals surface area contributed by atoms with E-state index in [-0.39, 0.29) is 18.5 Å². The van der Waals surface area contributed by atoms with Gasteiger partial charge in [0, 0.05) is 12.7 Å². The molecule has 1 aromatic rings. The third-order valence-corrected chi connectivity index (χ3v) is 2.65. The second-order valence-corrected chi connectivity index (χ2v) is 3.69. The first-order valence-corrected chi connectivity index (χ1v) is 5.16. The van der Waals surface area contributed by atoms with Crippen LogP contribution in [0.4, 0.5) is 0 Å². The van der Waals surface area contributed by atoms with E-state index in [4.69, 9.17) is 14.2 Å². The average molecular weight is 208 g/mol. The fourth-order valence-electron chi connectivity index (χ4n) is 1.68. The van der Waals surface area contributed by atoms with Crippen LogP contribution in [0.1, 0.15) is 18.8 Å². The summed E-state index contributed by atoms with van der Waals surface area (Å²) in [7, 11) is 1.68. The molecule has 3 heteroatoms. The zero-order valence-electron chi connectivity index (χ0n) is 9.05. The lowest BCUT2D eigenvalue weighted by molar-refractivity contribution is -0.256. The van der Waals surface area contributed by atoms with Crippen molar-refractivity contribution in [1.82, 2.24) is 0 Å². The summed E-state index contributed by atoms with van der Waals surface area (Å²) in [5.41, 5.74) is 1.05. The quantitative estimate of drug-likeness (QED) is 0.745. The number of methoxy groups -OCH3 is 1. The molecule has 1 fully saturated rings. The molecule has 82 valence electrons. The molecule has 1 aliphatic rings. The van der Waals surface area contributed by atoms with E-state index in [2.05, 4.69) is 0 Å². The van der Waals surface area contributed by atoms with Crippen molar-refractivity contribution in [2.24, 2.45) is 0 Å². The highest BCUT2D eigenvalue weighted by molar-refractivity contribution is 5.16. The first-order valence-electron chi connectivity index (χ1n) is 5.16. The van der Waals surface area contributed by atoms with Gasteiger partial charge in [-0.25, -0.2) is 0 Å². The fourth-order valence-corrected chi connectivity index (χ4v) is 1.68. The van der Waals surface area contributed by atoms with Crippen LogP contribution in [0.3, 0.4) is 0 Å². The van der Waals surface area contributed by atoms with E-state index in [0.717, 1.165) is 5.56 Å². The number of hydrogen-bond acceptors (Lipinski definition) is 3. The normalized spacial score (nSPS) is 31.5. The number of rotatable bonds is 2. The van der Waals surface area contributed by atoms with E-state index in [1.807, 2.05) is 37.3 Å². The molecule has 0 N–H and O–H groups in total. The van der Waals surface area contributed by atoms with Crippen LogP contribution in [0.15, 0.2) is 30.3 Å². The molecule has 0 aromatic heterocycles. The molecule has 0 radical (unpaired) electrons. The first-order chi connectivity index (χ1) is 7.31. The molecule has 1 saturated heterocycles. The molecule has 0 spiro atoms. The highest BCUT2D eigenvalue weighted by atomic mass is 16.7. The Bertz CT molecular complexity index is 299. The van der Waals surface area contributed by atoms with Crippen molar-refractivity contribution in [3.8, 4) is 0 Å². The summed E-state index contributed by atoms with van der Waals surface area (Å²) in [6.45, 7) is 2.59. The maximum absolute atomic E-state index is 5.73. The molecule has 2 unspecified atom stereocenters. The van der Waals surface area contributed by atoms with Gasteiger partial charge in [0.1, 0.15) is 6.10 Å². The van der Waals surface area contributed by atoms with Crippen LogP contribution in [0.5, 0.6) is 0 Å². The Morgan fingerprint density at radius 1 is 1.27 bits per heavy atom. The molecule has 1 aromatic carbocycles. The zero-order chi connectivity index (χ0) is 10.7. The summed E-state index contributed by atoms with van der Waals surface area (Å²) in [6.07, 6.45) is -0.161. The molecule has 1 heterocycles. The van der Waals surface area contributed by atoms with Gasteiger partial charge in [0.15, 0.2) is 6.29 Å². The third-order valence-electron chi connectivity index (χ3n) is 2.65. The van der Waals surface area contributed by atoms with E-state index in [1.54, 1.807) is 7.11 Å². The molecule has 3 nitrogen and oxygen atoms in total. The van der Waals surface area contributed by atoms with Crippen molar-refractivity contribution in [3.63, 3.8) is 0 Å². The Labute approximate surface area is 90.0 Å². The van der Waals surface area contributed by atoms with Gasteiger partial charge in [0.25, 0.3) is 0 Å². The summed E-state index contributed by atoms with van der Waals surface area (Å²) in [5.74, 6) is 0. The molecule has 1 aliphatic heterocycles. The fraction of sp³-hybridized carbons (Fsp3) is 0.500. The molecule has 0 saturated carbocycles. The minimum absolute atomic E-state index is 0.0324. The van der Waals surface area contributed by atoms with Crippen LogP contribution in [-0.2, 0) is 14.2 Å². The molecule has 0 amide bonds. The van der Waals surface area contributed by atoms with Gasteiger partial charge < -0.3 is 14.2 Å². The number of ether oxygens (including phenoxy) is 3. The molecule has 3 atom stereocenters. The van der Waals surface area contributed by atoms with Crippen LogP contribution < -0.4 is 0 Å². The molecule has 0 bridgehead atoms. The Morgan fingerprint density at radius 2 is 2.00 bits per heavy atom. The predicted octanol–water partition coefficient (Wildman–Crippen LogP) is 2.14. The zero-order valence-corrected chi connectivity index (χ0v) is 9.05. The standard InChI is InChI=1S/C12H16O3/c1-9-11(13-2)8-14-12(15-9)10-6-4-3-5-7-10/h3-7,9,11-12H,8H2,1-2H3/t9-,11?,12?/m1/s1. The summed E-state index contributed by atoms with van der Waals surface area (Å²) >= 11 is 0. The number of hydrogen-bond donors (Lipinski definition) is 0. The Kier molecular flexibility index (Phi) is 3.36. The van der Waals surface area contributed by atoms with Gasteiger partial charge in [0.2, 0.25) is 0 Å². The second-order valence-electron chi connectivity index (χ2n) is 3.69. The highest BCUT2D eigenvalue weighted by Gasteiger charge is 2.29. The van der Waals surface area contributed by atoms with Gasteiger partial charge in [-0.1, -0.05) is 30.3 Å². The largest absolute Gasteiger partial charge is 0.376 e. The lowest BCUT2D eigenvalue weighted by atomic mass is 10.1. The van der Waals surface area contributed by atoms with Crippen LogP contribution >= 0.6 is 0 Å². The van der Waals surface area contributed by atoms with Crippen molar-refractivity contribution in [2.45, 2.75) is 25.4 Å². The van der Waals surface area contributed by atoms with Crippen LogP contribution in [0, 0.1) is 0 Å². The number of benzene rings is 1.